The van der Waals surface area contributed by atoms with Gasteiger partial charge >= 0.3 is 6.18 Å². The lowest BCUT2D eigenvalue weighted by molar-refractivity contribution is -0.137. The van der Waals surface area contributed by atoms with E-state index in [1.807, 2.05) is 36.4 Å². The van der Waals surface area contributed by atoms with E-state index in [0.717, 1.165) is 17.7 Å². The number of halogens is 3. The fourth-order valence-electron chi connectivity index (χ4n) is 2.63. The predicted octanol–water partition coefficient (Wildman–Crippen LogP) is 5.34. The smallest absolute Gasteiger partial charge is 0.416 e. The number of hydrogen-bond acceptors (Lipinski definition) is 3. The Balaban J connectivity index is 1.58. The Kier molecular flexibility index (Phi) is 6.39. The van der Waals surface area contributed by atoms with Crippen molar-refractivity contribution in [2.45, 2.75) is 12.8 Å². The summed E-state index contributed by atoms with van der Waals surface area (Å²) in [5.74, 6) is 0.102. The molecule has 0 saturated heterocycles. The second-order valence-corrected chi connectivity index (χ2v) is 6.25. The standard InChI is InChI=1S/C22H19F3N2O2/c23-22(24,25)17-9-6-10-18(13-17)27-21(28)14-26-19-11-4-5-12-20(19)29-15-16-7-2-1-3-8-16/h1-13,26H,14-15H2,(H,27,28). The molecule has 4 nitrogen and oxygen atoms in total. The Hall–Kier alpha value is -3.48. The number of benzene rings is 3. The SMILES string of the molecule is O=C(CNc1ccccc1OCc1ccccc1)Nc1cccc(C(F)(F)F)c1. The first kappa shape index (κ1) is 20.3. The van der Waals surface area contributed by atoms with Crippen LogP contribution in [0.2, 0.25) is 0 Å². The fourth-order valence-corrected chi connectivity index (χ4v) is 2.63. The van der Waals surface area contributed by atoms with Crippen LogP contribution < -0.4 is 15.4 Å². The molecular formula is C22H19F3N2O2. The third kappa shape index (κ3) is 6.00. The van der Waals surface area contributed by atoms with Crippen LogP contribution in [0, 0.1) is 0 Å². The van der Waals surface area contributed by atoms with Gasteiger partial charge in [-0.05, 0) is 35.9 Å². The van der Waals surface area contributed by atoms with Crippen molar-refractivity contribution in [2.24, 2.45) is 0 Å². The van der Waals surface area contributed by atoms with Gasteiger partial charge in [-0.2, -0.15) is 13.2 Å². The minimum atomic E-state index is -4.46. The summed E-state index contributed by atoms with van der Waals surface area (Å²) in [5.41, 5.74) is 0.885. The van der Waals surface area contributed by atoms with Gasteiger partial charge < -0.3 is 15.4 Å². The van der Waals surface area contributed by atoms with Crippen LogP contribution in [0.5, 0.6) is 5.75 Å². The molecule has 0 radical (unpaired) electrons. The molecule has 0 fully saturated rings. The maximum Gasteiger partial charge on any atom is 0.416 e. The fraction of sp³-hybridized carbons (Fsp3) is 0.136. The molecule has 0 saturated carbocycles. The van der Waals surface area contributed by atoms with E-state index in [1.165, 1.54) is 12.1 Å². The number of carbonyl (C=O) groups excluding carboxylic acids is 1. The molecule has 0 atom stereocenters. The van der Waals surface area contributed by atoms with Crippen LogP contribution in [0.25, 0.3) is 0 Å². The lowest BCUT2D eigenvalue weighted by Gasteiger charge is -2.14. The molecular weight excluding hydrogens is 381 g/mol. The van der Waals surface area contributed by atoms with E-state index in [0.29, 0.717) is 18.0 Å². The largest absolute Gasteiger partial charge is 0.487 e. The minimum absolute atomic E-state index is 0.0836. The zero-order valence-corrected chi connectivity index (χ0v) is 15.4. The maximum atomic E-state index is 12.8. The first-order chi connectivity index (χ1) is 13.9. The lowest BCUT2D eigenvalue weighted by atomic mass is 10.2. The summed E-state index contributed by atoms with van der Waals surface area (Å²) >= 11 is 0. The molecule has 0 heterocycles. The third-order valence-electron chi connectivity index (χ3n) is 4.04. The van der Waals surface area contributed by atoms with Crippen molar-refractivity contribution in [1.29, 1.82) is 0 Å². The average molecular weight is 400 g/mol. The lowest BCUT2D eigenvalue weighted by Crippen LogP contribution is -2.22. The molecule has 29 heavy (non-hydrogen) atoms. The number of hydrogen-bond donors (Lipinski definition) is 2. The van der Waals surface area contributed by atoms with Gasteiger partial charge in [0.05, 0.1) is 17.8 Å². The van der Waals surface area contributed by atoms with Gasteiger partial charge in [-0.3, -0.25) is 4.79 Å². The molecule has 3 rings (SSSR count). The summed E-state index contributed by atoms with van der Waals surface area (Å²) in [6, 6.07) is 21.3. The first-order valence-corrected chi connectivity index (χ1v) is 8.88. The zero-order valence-electron chi connectivity index (χ0n) is 15.4. The highest BCUT2D eigenvalue weighted by molar-refractivity contribution is 5.94. The number of rotatable bonds is 7. The van der Waals surface area contributed by atoms with Crippen LogP contribution in [0.1, 0.15) is 11.1 Å². The minimum Gasteiger partial charge on any atom is -0.487 e. The third-order valence-corrected chi connectivity index (χ3v) is 4.04. The van der Waals surface area contributed by atoms with Gasteiger partial charge in [0, 0.05) is 5.69 Å². The van der Waals surface area contributed by atoms with E-state index in [9.17, 15) is 18.0 Å². The molecule has 3 aromatic rings. The van der Waals surface area contributed by atoms with Crippen molar-refractivity contribution < 1.29 is 22.7 Å². The van der Waals surface area contributed by atoms with Gasteiger partial charge in [0.2, 0.25) is 5.91 Å². The Labute approximate surface area is 166 Å². The highest BCUT2D eigenvalue weighted by atomic mass is 19.4. The van der Waals surface area contributed by atoms with Crippen LogP contribution in [-0.4, -0.2) is 12.5 Å². The number of para-hydroxylation sites is 2. The van der Waals surface area contributed by atoms with E-state index >= 15 is 0 Å². The zero-order chi connectivity index (χ0) is 20.7. The Bertz CT molecular complexity index is 960. The molecule has 0 aliphatic rings. The second kappa shape index (κ2) is 9.14. The molecule has 0 aliphatic heterocycles. The monoisotopic (exact) mass is 400 g/mol. The Morgan fingerprint density at radius 2 is 1.62 bits per heavy atom. The van der Waals surface area contributed by atoms with Gasteiger partial charge in [-0.15, -0.1) is 0 Å². The summed E-state index contributed by atoms with van der Waals surface area (Å²) < 4.78 is 44.1. The molecule has 3 aromatic carbocycles. The average Bonchev–Trinajstić information content (AvgIpc) is 2.72. The maximum absolute atomic E-state index is 12.8. The number of alkyl halides is 3. The molecule has 0 spiro atoms. The van der Waals surface area contributed by atoms with Gasteiger partial charge in [0.15, 0.2) is 0 Å². The van der Waals surface area contributed by atoms with E-state index in [-0.39, 0.29) is 12.2 Å². The Morgan fingerprint density at radius 3 is 2.38 bits per heavy atom. The van der Waals surface area contributed by atoms with Crippen LogP contribution in [0.4, 0.5) is 24.5 Å². The summed E-state index contributed by atoms with van der Waals surface area (Å²) in [7, 11) is 0. The van der Waals surface area contributed by atoms with Crippen LogP contribution in [-0.2, 0) is 17.6 Å². The van der Waals surface area contributed by atoms with Crippen LogP contribution in [0.15, 0.2) is 78.9 Å². The molecule has 0 bridgehead atoms. The van der Waals surface area contributed by atoms with Crippen molar-refractivity contribution in [3.8, 4) is 5.75 Å². The highest BCUT2D eigenvalue weighted by Gasteiger charge is 2.30. The van der Waals surface area contributed by atoms with Crippen molar-refractivity contribution >= 4 is 17.3 Å². The van der Waals surface area contributed by atoms with Crippen molar-refractivity contribution in [3.63, 3.8) is 0 Å². The summed E-state index contributed by atoms with van der Waals surface area (Å²) in [6.45, 7) is 0.248. The summed E-state index contributed by atoms with van der Waals surface area (Å²) in [4.78, 5) is 12.1. The number of anilines is 2. The first-order valence-electron chi connectivity index (χ1n) is 8.88. The number of ether oxygens (including phenoxy) is 1. The van der Waals surface area contributed by atoms with E-state index in [2.05, 4.69) is 10.6 Å². The molecule has 1 amide bonds. The normalized spacial score (nSPS) is 11.0. The van der Waals surface area contributed by atoms with E-state index in [4.69, 9.17) is 4.74 Å². The van der Waals surface area contributed by atoms with Crippen molar-refractivity contribution in [1.82, 2.24) is 0 Å². The van der Waals surface area contributed by atoms with Crippen molar-refractivity contribution in [2.75, 3.05) is 17.2 Å². The molecule has 0 unspecified atom stereocenters. The number of amides is 1. The Morgan fingerprint density at radius 1 is 0.897 bits per heavy atom. The van der Waals surface area contributed by atoms with E-state index in [1.54, 1.807) is 18.2 Å². The summed E-state index contributed by atoms with van der Waals surface area (Å²) in [5, 5.41) is 5.41. The quantitative estimate of drug-likeness (QED) is 0.563. The molecule has 0 aromatic heterocycles. The molecule has 2 N–H and O–H groups in total. The van der Waals surface area contributed by atoms with Gasteiger partial charge in [0.25, 0.3) is 0 Å². The predicted molar refractivity (Wildman–Crippen MR) is 106 cm³/mol. The second-order valence-electron chi connectivity index (χ2n) is 6.25. The van der Waals surface area contributed by atoms with Crippen LogP contribution in [0.3, 0.4) is 0 Å². The van der Waals surface area contributed by atoms with Crippen LogP contribution >= 0.6 is 0 Å². The topological polar surface area (TPSA) is 50.4 Å². The van der Waals surface area contributed by atoms with Gasteiger partial charge in [-0.25, -0.2) is 0 Å². The van der Waals surface area contributed by atoms with Gasteiger partial charge in [0.1, 0.15) is 12.4 Å². The van der Waals surface area contributed by atoms with E-state index < -0.39 is 17.6 Å². The molecule has 7 heteroatoms. The number of carbonyl (C=O) groups is 1. The highest BCUT2D eigenvalue weighted by Crippen LogP contribution is 2.30. The molecule has 150 valence electrons. The van der Waals surface area contributed by atoms with Crippen molar-refractivity contribution in [3.05, 3.63) is 90.0 Å². The van der Waals surface area contributed by atoms with Gasteiger partial charge in [-0.1, -0.05) is 48.5 Å². The molecule has 0 aliphatic carbocycles. The number of nitrogens with one attached hydrogen (secondary N) is 2. The summed E-state index contributed by atoms with van der Waals surface area (Å²) in [6.07, 6.45) is -4.46.